The Balaban J connectivity index is 1.50. The molecule has 0 unspecified atom stereocenters. The molecule has 1 saturated heterocycles. The van der Waals surface area contributed by atoms with Gasteiger partial charge in [-0.1, -0.05) is 35.9 Å². The number of pyridine rings is 1. The van der Waals surface area contributed by atoms with Crippen LogP contribution < -0.4 is 5.32 Å². The number of rotatable bonds is 4. The van der Waals surface area contributed by atoms with Gasteiger partial charge in [-0.05, 0) is 31.0 Å². The summed E-state index contributed by atoms with van der Waals surface area (Å²) in [7, 11) is 0. The van der Waals surface area contributed by atoms with E-state index in [-0.39, 0.29) is 17.8 Å². The minimum atomic E-state index is -0.504. The molecule has 0 saturated carbocycles. The predicted octanol–water partition coefficient (Wildman–Crippen LogP) is 2.17. The van der Waals surface area contributed by atoms with Gasteiger partial charge in [0.25, 0.3) is 0 Å². The molecule has 3 heterocycles. The van der Waals surface area contributed by atoms with Crippen LogP contribution in [0.3, 0.4) is 0 Å². The summed E-state index contributed by atoms with van der Waals surface area (Å²) in [6.07, 6.45) is 2.65. The van der Waals surface area contributed by atoms with Gasteiger partial charge in [-0.25, -0.2) is 4.52 Å². The van der Waals surface area contributed by atoms with Crippen LogP contribution in [0, 0.1) is 6.92 Å². The number of carbonyl (C=O) groups is 2. The molecule has 0 spiro atoms. The van der Waals surface area contributed by atoms with Gasteiger partial charge in [-0.3, -0.25) is 14.9 Å². The van der Waals surface area contributed by atoms with Crippen LogP contribution in [0.2, 0.25) is 0 Å². The fourth-order valence-corrected chi connectivity index (χ4v) is 3.17. The maximum Gasteiger partial charge on any atom is 0.249 e. The molecule has 0 bridgehead atoms. The predicted molar refractivity (Wildman–Crippen MR) is 96.4 cm³/mol. The van der Waals surface area contributed by atoms with Crippen molar-refractivity contribution in [3.63, 3.8) is 0 Å². The topological polar surface area (TPSA) is 79.6 Å². The quantitative estimate of drug-likeness (QED) is 0.783. The zero-order valence-corrected chi connectivity index (χ0v) is 14.4. The van der Waals surface area contributed by atoms with Crippen molar-refractivity contribution >= 4 is 23.4 Å². The first-order valence-electron chi connectivity index (χ1n) is 8.57. The smallest absolute Gasteiger partial charge is 0.249 e. The number of carbonyl (C=O) groups excluding carboxylic acids is 2. The molecule has 26 heavy (non-hydrogen) atoms. The molecule has 132 valence electrons. The Morgan fingerprint density at radius 1 is 1.23 bits per heavy atom. The molecule has 0 radical (unpaired) electrons. The summed E-state index contributed by atoms with van der Waals surface area (Å²) >= 11 is 0. The second-order valence-corrected chi connectivity index (χ2v) is 6.49. The zero-order valence-electron chi connectivity index (χ0n) is 14.4. The van der Waals surface area contributed by atoms with Crippen LogP contribution in [0.1, 0.15) is 24.0 Å². The fourth-order valence-electron chi connectivity index (χ4n) is 3.17. The van der Waals surface area contributed by atoms with Crippen LogP contribution in [0.25, 0.3) is 5.65 Å². The lowest BCUT2D eigenvalue weighted by Crippen LogP contribution is -2.41. The lowest BCUT2D eigenvalue weighted by molar-refractivity contribution is -0.133. The summed E-state index contributed by atoms with van der Waals surface area (Å²) in [5.74, 6) is -0.0108. The van der Waals surface area contributed by atoms with Gasteiger partial charge in [0.05, 0.1) is 0 Å². The van der Waals surface area contributed by atoms with E-state index in [2.05, 4.69) is 15.4 Å². The second kappa shape index (κ2) is 6.59. The number of amides is 2. The second-order valence-electron chi connectivity index (χ2n) is 6.49. The van der Waals surface area contributed by atoms with E-state index in [1.54, 1.807) is 15.6 Å². The summed E-state index contributed by atoms with van der Waals surface area (Å²) in [4.78, 5) is 30.9. The molecule has 4 rings (SSSR count). The van der Waals surface area contributed by atoms with Crippen molar-refractivity contribution in [1.29, 1.82) is 0 Å². The van der Waals surface area contributed by atoms with E-state index in [1.165, 1.54) is 0 Å². The Morgan fingerprint density at radius 2 is 2.04 bits per heavy atom. The van der Waals surface area contributed by atoms with E-state index < -0.39 is 6.04 Å². The summed E-state index contributed by atoms with van der Waals surface area (Å²) in [6.45, 7) is 2.44. The molecule has 2 aromatic heterocycles. The molecule has 0 aliphatic carbocycles. The number of nitrogens with zero attached hydrogens (tertiary/aromatic N) is 4. The molecule has 1 atom stereocenters. The number of hydrogen-bond acceptors (Lipinski definition) is 4. The number of nitrogens with one attached hydrogen (secondary N) is 1. The van der Waals surface area contributed by atoms with Gasteiger partial charge in [0.2, 0.25) is 17.8 Å². The molecular formula is C19H19N5O2. The number of aryl methyl sites for hydroxylation is 1. The maximum absolute atomic E-state index is 12.7. The van der Waals surface area contributed by atoms with E-state index in [0.29, 0.717) is 25.0 Å². The zero-order chi connectivity index (χ0) is 18.1. The Labute approximate surface area is 150 Å². The molecule has 7 nitrogen and oxygen atoms in total. The molecule has 3 aromatic rings. The maximum atomic E-state index is 12.7. The summed E-state index contributed by atoms with van der Waals surface area (Å²) in [6, 6.07) is 13.0. The number of aromatic nitrogens is 3. The molecule has 1 N–H and O–H groups in total. The van der Waals surface area contributed by atoms with Crippen molar-refractivity contribution < 1.29 is 9.59 Å². The van der Waals surface area contributed by atoms with E-state index in [1.807, 2.05) is 49.4 Å². The van der Waals surface area contributed by atoms with Gasteiger partial charge >= 0.3 is 0 Å². The molecule has 1 fully saturated rings. The highest BCUT2D eigenvalue weighted by Crippen LogP contribution is 2.23. The Kier molecular flexibility index (Phi) is 4.12. The highest BCUT2D eigenvalue weighted by molar-refractivity contribution is 5.98. The van der Waals surface area contributed by atoms with Crippen LogP contribution in [-0.2, 0) is 16.1 Å². The van der Waals surface area contributed by atoms with E-state index >= 15 is 0 Å². The van der Waals surface area contributed by atoms with Crippen LogP contribution in [-0.4, -0.2) is 37.4 Å². The number of benzene rings is 1. The van der Waals surface area contributed by atoms with Crippen molar-refractivity contribution in [1.82, 2.24) is 19.5 Å². The van der Waals surface area contributed by atoms with Gasteiger partial charge in [-0.15, -0.1) is 5.10 Å². The van der Waals surface area contributed by atoms with Crippen molar-refractivity contribution in [3.8, 4) is 0 Å². The largest absolute Gasteiger partial charge is 0.326 e. The van der Waals surface area contributed by atoms with Gasteiger partial charge in [0.15, 0.2) is 5.65 Å². The number of anilines is 1. The monoisotopic (exact) mass is 349 g/mol. The van der Waals surface area contributed by atoms with Gasteiger partial charge < -0.3 is 4.90 Å². The van der Waals surface area contributed by atoms with Crippen molar-refractivity contribution in [3.05, 3.63) is 59.8 Å². The van der Waals surface area contributed by atoms with Crippen LogP contribution in [0.15, 0.2) is 48.7 Å². The minimum absolute atomic E-state index is 0.00585. The number of likely N-dealkylation sites (tertiary alicyclic amines) is 1. The Hall–Kier alpha value is -3.22. The van der Waals surface area contributed by atoms with Crippen molar-refractivity contribution in [2.45, 2.75) is 32.4 Å². The fraction of sp³-hybridized carbons (Fsp3) is 0.263. The Bertz CT molecular complexity index is 930. The van der Waals surface area contributed by atoms with Gasteiger partial charge in [0.1, 0.15) is 6.04 Å². The lowest BCUT2D eigenvalue weighted by atomic mass is 10.1. The van der Waals surface area contributed by atoms with E-state index in [4.69, 9.17) is 0 Å². The first-order chi connectivity index (χ1) is 12.6. The first kappa shape index (κ1) is 16.3. The average molecular weight is 349 g/mol. The molecule has 7 heteroatoms. The molecule has 1 aromatic carbocycles. The van der Waals surface area contributed by atoms with Crippen LogP contribution in [0.4, 0.5) is 5.95 Å². The molecule has 1 aliphatic heterocycles. The summed E-state index contributed by atoms with van der Waals surface area (Å²) in [5.41, 5.74) is 2.82. The third kappa shape index (κ3) is 3.15. The van der Waals surface area contributed by atoms with Gasteiger partial charge in [-0.2, -0.15) is 4.98 Å². The van der Waals surface area contributed by atoms with E-state index in [9.17, 15) is 9.59 Å². The number of fused-ring (bicyclic) bond motifs is 1. The third-order valence-electron chi connectivity index (χ3n) is 4.58. The van der Waals surface area contributed by atoms with E-state index in [0.717, 1.165) is 11.1 Å². The first-order valence-corrected chi connectivity index (χ1v) is 8.57. The highest BCUT2D eigenvalue weighted by atomic mass is 16.2. The van der Waals surface area contributed by atoms with Crippen LogP contribution >= 0.6 is 0 Å². The minimum Gasteiger partial charge on any atom is -0.326 e. The van der Waals surface area contributed by atoms with Gasteiger partial charge in [0, 0.05) is 19.2 Å². The SMILES string of the molecule is Cc1ccc(CN2C(=O)CC[C@H]2C(=O)Nc2nc3ccccn3n2)cc1. The highest BCUT2D eigenvalue weighted by Gasteiger charge is 2.36. The summed E-state index contributed by atoms with van der Waals surface area (Å²) in [5, 5.41) is 6.97. The average Bonchev–Trinajstić information content (AvgIpc) is 3.20. The Morgan fingerprint density at radius 3 is 2.81 bits per heavy atom. The lowest BCUT2D eigenvalue weighted by Gasteiger charge is -2.23. The third-order valence-corrected chi connectivity index (χ3v) is 4.58. The van der Waals surface area contributed by atoms with Crippen molar-refractivity contribution in [2.24, 2.45) is 0 Å². The standard InChI is InChI=1S/C19H19N5O2/c1-13-5-7-14(8-6-13)12-23-15(9-10-17(23)25)18(26)21-19-20-16-4-2-3-11-24(16)22-19/h2-8,11,15H,9-10,12H2,1H3,(H,21,22,26)/t15-/m0/s1. The summed E-state index contributed by atoms with van der Waals surface area (Å²) < 4.78 is 1.60. The molecule has 2 amide bonds. The normalized spacial score (nSPS) is 17.0. The molecular weight excluding hydrogens is 330 g/mol. The molecule has 1 aliphatic rings. The number of hydrogen-bond donors (Lipinski definition) is 1. The van der Waals surface area contributed by atoms with Crippen LogP contribution in [0.5, 0.6) is 0 Å². The van der Waals surface area contributed by atoms with Crippen molar-refractivity contribution in [2.75, 3.05) is 5.32 Å².